The number of nitrogens with one attached hydrogen (secondary N) is 1. The highest BCUT2D eigenvalue weighted by molar-refractivity contribution is 6.30. The molecule has 1 aromatic rings. The van der Waals surface area contributed by atoms with Crippen LogP contribution in [0, 0.1) is 0 Å². The first-order valence-electron chi connectivity index (χ1n) is 4.34. The van der Waals surface area contributed by atoms with Crippen LogP contribution in [-0.2, 0) is 11.2 Å². The van der Waals surface area contributed by atoms with Crippen LogP contribution in [0.15, 0.2) is 24.3 Å². The summed E-state index contributed by atoms with van der Waals surface area (Å²) in [6.07, 6.45) is 0.292. The van der Waals surface area contributed by atoms with Crippen molar-refractivity contribution in [2.45, 2.75) is 6.42 Å². The monoisotopic (exact) mass is 213 g/mol. The Labute approximate surface area is 87.7 Å². The molecule has 4 heteroatoms. The lowest BCUT2D eigenvalue weighted by atomic mass is 10.1. The Bertz CT molecular complexity index is 315. The van der Waals surface area contributed by atoms with E-state index in [2.05, 4.69) is 5.32 Å². The summed E-state index contributed by atoms with van der Waals surface area (Å²) in [5.41, 5.74) is 0.868. The van der Waals surface area contributed by atoms with E-state index in [9.17, 15) is 4.79 Å². The highest BCUT2D eigenvalue weighted by Gasteiger charge is 2.02. The molecule has 0 unspecified atom stereocenters. The number of halogens is 1. The first-order valence-corrected chi connectivity index (χ1v) is 4.72. The van der Waals surface area contributed by atoms with Crippen molar-refractivity contribution in [2.75, 3.05) is 13.2 Å². The molecule has 0 heterocycles. The highest BCUT2D eigenvalue weighted by Crippen LogP contribution is 2.10. The predicted molar refractivity (Wildman–Crippen MR) is 55.3 cm³/mol. The van der Waals surface area contributed by atoms with Crippen LogP contribution in [0.4, 0.5) is 0 Å². The fraction of sp³-hybridized carbons (Fsp3) is 0.300. The van der Waals surface area contributed by atoms with Crippen molar-refractivity contribution in [3.8, 4) is 0 Å². The lowest BCUT2D eigenvalue weighted by Gasteiger charge is -2.03. The molecule has 76 valence electrons. The van der Waals surface area contributed by atoms with E-state index < -0.39 is 0 Å². The second-order valence-corrected chi connectivity index (χ2v) is 3.32. The number of aliphatic hydroxyl groups is 1. The van der Waals surface area contributed by atoms with Gasteiger partial charge in [-0.3, -0.25) is 4.79 Å². The van der Waals surface area contributed by atoms with E-state index in [1.807, 2.05) is 6.07 Å². The smallest absolute Gasteiger partial charge is 0.224 e. The molecule has 0 aliphatic rings. The van der Waals surface area contributed by atoms with Crippen LogP contribution in [0.1, 0.15) is 5.56 Å². The van der Waals surface area contributed by atoms with Crippen LogP contribution in [0.5, 0.6) is 0 Å². The number of hydrogen-bond acceptors (Lipinski definition) is 2. The van der Waals surface area contributed by atoms with Gasteiger partial charge in [-0.05, 0) is 17.7 Å². The van der Waals surface area contributed by atoms with Crippen molar-refractivity contribution in [1.29, 1.82) is 0 Å². The van der Waals surface area contributed by atoms with Crippen molar-refractivity contribution in [3.63, 3.8) is 0 Å². The Morgan fingerprint density at radius 3 is 2.93 bits per heavy atom. The molecule has 0 saturated carbocycles. The summed E-state index contributed by atoms with van der Waals surface area (Å²) >= 11 is 5.76. The number of rotatable bonds is 4. The standard InChI is InChI=1S/C10H12ClNO2/c11-9-3-1-2-8(6-9)7-10(14)12-4-5-13/h1-3,6,13H,4-5,7H2,(H,12,14). The maximum atomic E-state index is 11.2. The van der Waals surface area contributed by atoms with E-state index in [1.54, 1.807) is 18.2 Å². The Morgan fingerprint density at radius 1 is 1.50 bits per heavy atom. The average Bonchev–Trinajstić information content (AvgIpc) is 2.15. The molecule has 1 amide bonds. The second kappa shape index (κ2) is 5.62. The van der Waals surface area contributed by atoms with Gasteiger partial charge in [-0.1, -0.05) is 23.7 Å². The van der Waals surface area contributed by atoms with Gasteiger partial charge in [-0.15, -0.1) is 0 Å². The molecule has 0 bridgehead atoms. The van der Waals surface area contributed by atoms with E-state index in [4.69, 9.17) is 16.7 Å². The van der Waals surface area contributed by atoms with Gasteiger partial charge in [0.15, 0.2) is 0 Å². The Kier molecular flexibility index (Phi) is 4.43. The van der Waals surface area contributed by atoms with E-state index in [0.717, 1.165) is 5.56 Å². The van der Waals surface area contributed by atoms with Gasteiger partial charge in [-0.25, -0.2) is 0 Å². The molecule has 0 radical (unpaired) electrons. The minimum Gasteiger partial charge on any atom is -0.395 e. The Balaban J connectivity index is 2.47. The summed E-state index contributed by atoms with van der Waals surface area (Å²) in [5.74, 6) is -0.110. The minimum absolute atomic E-state index is 0.0404. The van der Waals surface area contributed by atoms with Gasteiger partial charge in [0.25, 0.3) is 0 Å². The van der Waals surface area contributed by atoms with E-state index in [1.165, 1.54) is 0 Å². The van der Waals surface area contributed by atoms with Crippen LogP contribution < -0.4 is 5.32 Å². The molecule has 0 saturated heterocycles. The largest absolute Gasteiger partial charge is 0.395 e. The third-order valence-electron chi connectivity index (χ3n) is 1.69. The highest BCUT2D eigenvalue weighted by atomic mass is 35.5. The quantitative estimate of drug-likeness (QED) is 0.784. The fourth-order valence-corrected chi connectivity index (χ4v) is 1.30. The van der Waals surface area contributed by atoms with Crippen LogP contribution >= 0.6 is 11.6 Å². The first-order chi connectivity index (χ1) is 6.72. The van der Waals surface area contributed by atoms with Gasteiger partial charge in [0, 0.05) is 11.6 Å². The average molecular weight is 214 g/mol. The molecule has 1 aromatic carbocycles. The topological polar surface area (TPSA) is 49.3 Å². The zero-order valence-corrected chi connectivity index (χ0v) is 8.42. The summed E-state index contributed by atoms with van der Waals surface area (Å²) in [7, 11) is 0. The minimum atomic E-state index is -0.110. The third kappa shape index (κ3) is 3.77. The zero-order valence-electron chi connectivity index (χ0n) is 7.66. The van der Waals surface area contributed by atoms with Gasteiger partial charge in [0.2, 0.25) is 5.91 Å². The van der Waals surface area contributed by atoms with Crippen LogP contribution in [0.25, 0.3) is 0 Å². The molecule has 3 nitrogen and oxygen atoms in total. The maximum absolute atomic E-state index is 11.2. The summed E-state index contributed by atoms with van der Waals surface area (Å²) in [5, 5.41) is 11.7. The molecule has 0 aromatic heterocycles. The summed E-state index contributed by atoms with van der Waals surface area (Å²) in [6.45, 7) is 0.251. The van der Waals surface area contributed by atoms with Crippen LogP contribution in [-0.4, -0.2) is 24.2 Å². The molecule has 14 heavy (non-hydrogen) atoms. The summed E-state index contributed by atoms with van der Waals surface area (Å²) in [4.78, 5) is 11.2. The third-order valence-corrected chi connectivity index (χ3v) is 1.92. The van der Waals surface area contributed by atoms with E-state index in [0.29, 0.717) is 18.0 Å². The van der Waals surface area contributed by atoms with Crippen molar-refractivity contribution >= 4 is 17.5 Å². The van der Waals surface area contributed by atoms with Crippen LogP contribution in [0.2, 0.25) is 5.02 Å². The number of carbonyl (C=O) groups excluding carboxylic acids is 1. The van der Waals surface area contributed by atoms with E-state index in [-0.39, 0.29) is 12.5 Å². The molecule has 0 atom stereocenters. The molecule has 0 aliphatic carbocycles. The zero-order chi connectivity index (χ0) is 10.4. The maximum Gasteiger partial charge on any atom is 0.224 e. The Hall–Kier alpha value is -1.06. The molecule has 0 spiro atoms. The van der Waals surface area contributed by atoms with Gasteiger partial charge in [0.05, 0.1) is 13.0 Å². The number of aliphatic hydroxyl groups excluding tert-OH is 1. The van der Waals surface area contributed by atoms with Crippen molar-refractivity contribution < 1.29 is 9.90 Å². The molecular weight excluding hydrogens is 202 g/mol. The van der Waals surface area contributed by atoms with Gasteiger partial charge in [0.1, 0.15) is 0 Å². The lowest BCUT2D eigenvalue weighted by molar-refractivity contribution is -0.120. The second-order valence-electron chi connectivity index (χ2n) is 2.88. The Morgan fingerprint density at radius 2 is 2.29 bits per heavy atom. The molecule has 0 aliphatic heterocycles. The number of hydrogen-bond donors (Lipinski definition) is 2. The van der Waals surface area contributed by atoms with Crippen LogP contribution in [0.3, 0.4) is 0 Å². The number of amides is 1. The number of benzene rings is 1. The van der Waals surface area contributed by atoms with E-state index >= 15 is 0 Å². The van der Waals surface area contributed by atoms with Gasteiger partial charge in [-0.2, -0.15) is 0 Å². The van der Waals surface area contributed by atoms with Gasteiger partial charge < -0.3 is 10.4 Å². The molecular formula is C10H12ClNO2. The SMILES string of the molecule is O=C(Cc1cccc(Cl)c1)NCCO. The summed E-state index contributed by atoms with van der Waals surface area (Å²) < 4.78 is 0. The first kappa shape index (κ1) is 11.0. The molecule has 2 N–H and O–H groups in total. The molecule has 1 rings (SSSR count). The van der Waals surface area contributed by atoms with Gasteiger partial charge >= 0.3 is 0 Å². The van der Waals surface area contributed by atoms with Crippen molar-refractivity contribution in [2.24, 2.45) is 0 Å². The van der Waals surface area contributed by atoms with Crippen molar-refractivity contribution in [1.82, 2.24) is 5.32 Å². The lowest BCUT2D eigenvalue weighted by Crippen LogP contribution is -2.27. The number of carbonyl (C=O) groups is 1. The normalized spacial score (nSPS) is 9.86. The van der Waals surface area contributed by atoms with Crippen molar-refractivity contribution in [3.05, 3.63) is 34.9 Å². The molecule has 0 fully saturated rings. The summed E-state index contributed by atoms with van der Waals surface area (Å²) in [6, 6.07) is 7.15. The predicted octanol–water partition coefficient (Wildman–Crippen LogP) is 0.991. The fourth-order valence-electron chi connectivity index (χ4n) is 1.09.